The third-order valence-corrected chi connectivity index (χ3v) is 5.07. The number of amides is 2. The van der Waals surface area contributed by atoms with Crippen molar-refractivity contribution in [1.29, 1.82) is 0 Å². The molecule has 2 heterocycles. The van der Waals surface area contributed by atoms with Crippen LogP contribution in [0.3, 0.4) is 0 Å². The Hall–Kier alpha value is -3.02. The topological polar surface area (TPSA) is 59.1 Å². The zero-order valence-electron chi connectivity index (χ0n) is 15.3. The van der Waals surface area contributed by atoms with Gasteiger partial charge in [-0.25, -0.2) is 0 Å². The van der Waals surface area contributed by atoms with Gasteiger partial charge in [0.05, 0.1) is 0 Å². The Morgan fingerprint density at radius 1 is 1.07 bits per heavy atom. The van der Waals surface area contributed by atoms with Crippen LogP contribution in [0.15, 0.2) is 42.5 Å². The molecular formula is C21H22N2O4. The van der Waals surface area contributed by atoms with Crippen molar-refractivity contribution >= 4 is 11.8 Å². The van der Waals surface area contributed by atoms with Crippen LogP contribution < -0.4 is 9.47 Å². The molecule has 0 aromatic heterocycles. The first-order chi connectivity index (χ1) is 13.1. The number of carbonyl (C=O) groups is 2. The zero-order valence-corrected chi connectivity index (χ0v) is 15.3. The molecule has 0 bridgehead atoms. The van der Waals surface area contributed by atoms with E-state index in [0.717, 1.165) is 12.0 Å². The molecule has 6 nitrogen and oxygen atoms in total. The Morgan fingerprint density at radius 2 is 1.85 bits per heavy atom. The van der Waals surface area contributed by atoms with Crippen LogP contribution in [0.1, 0.15) is 23.6 Å². The molecule has 0 unspecified atom stereocenters. The van der Waals surface area contributed by atoms with Gasteiger partial charge in [0.15, 0.2) is 11.5 Å². The summed E-state index contributed by atoms with van der Waals surface area (Å²) in [5.74, 6) is 1.23. The van der Waals surface area contributed by atoms with Crippen LogP contribution in [0.25, 0.3) is 0 Å². The van der Waals surface area contributed by atoms with Crippen molar-refractivity contribution in [3.63, 3.8) is 0 Å². The predicted molar refractivity (Wildman–Crippen MR) is 99.2 cm³/mol. The third kappa shape index (κ3) is 3.74. The lowest BCUT2D eigenvalue weighted by Crippen LogP contribution is -2.43. The maximum absolute atomic E-state index is 12.8. The van der Waals surface area contributed by atoms with Crippen molar-refractivity contribution < 1.29 is 19.1 Å². The first kappa shape index (κ1) is 17.4. The molecule has 4 rings (SSSR count). The molecule has 2 amide bonds. The van der Waals surface area contributed by atoms with E-state index in [4.69, 9.17) is 9.47 Å². The number of hydrogen-bond donors (Lipinski definition) is 0. The highest BCUT2D eigenvalue weighted by Gasteiger charge is 2.24. The Bertz CT molecular complexity index is 880. The van der Waals surface area contributed by atoms with Crippen LogP contribution in [0.5, 0.6) is 11.5 Å². The molecule has 2 aromatic carbocycles. The van der Waals surface area contributed by atoms with Gasteiger partial charge in [0.25, 0.3) is 0 Å². The van der Waals surface area contributed by atoms with Crippen molar-refractivity contribution in [2.24, 2.45) is 0 Å². The van der Waals surface area contributed by atoms with Gasteiger partial charge in [0.1, 0.15) is 6.54 Å². The van der Waals surface area contributed by atoms with Gasteiger partial charge in [-0.15, -0.1) is 0 Å². The number of ether oxygens (including phenoxy) is 2. The summed E-state index contributed by atoms with van der Waals surface area (Å²) < 4.78 is 10.7. The number of hydrogen-bond acceptors (Lipinski definition) is 4. The Kier molecular flexibility index (Phi) is 4.71. The fourth-order valence-electron chi connectivity index (χ4n) is 3.51. The van der Waals surface area contributed by atoms with Crippen LogP contribution in [-0.2, 0) is 29.1 Å². The molecule has 0 fully saturated rings. The van der Waals surface area contributed by atoms with E-state index < -0.39 is 0 Å². The number of carbonyl (C=O) groups excluding carboxylic acids is 2. The van der Waals surface area contributed by atoms with Crippen molar-refractivity contribution in [2.75, 3.05) is 19.9 Å². The van der Waals surface area contributed by atoms with Gasteiger partial charge >= 0.3 is 0 Å². The molecule has 0 saturated carbocycles. The van der Waals surface area contributed by atoms with E-state index in [9.17, 15) is 9.59 Å². The summed E-state index contributed by atoms with van der Waals surface area (Å²) >= 11 is 0. The van der Waals surface area contributed by atoms with Gasteiger partial charge in [0.2, 0.25) is 18.6 Å². The van der Waals surface area contributed by atoms with Gasteiger partial charge in [-0.3, -0.25) is 9.59 Å². The van der Waals surface area contributed by atoms with E-state index in [1.54, 1.807) is 4.90 Å². The molecule has 0 atom stereocenters. The van der Waals surface area contributed by atoms with E-state index >= 15 is 0 Å². The number of fused-ring (bicyclic) bond motifs is 2. The first-order valence-corrected chi connectivity index (χ1v) is 9.09. The smallest absolute Gasteiger partial charge is 0.242 e. The summed E-state index contributed by atoms with van der Waals surface area (Å²) in [4.78, 5) is 28.3. The van der Waals surface area contributed by atoms with Gasteiger partial charge in [0, 0.05) is 26.6 Å². The zero-order chi connectivity index (χ0) is 18.8. The Morgan fingerprint density at radius 3 is 2.67 bits per heavy atom. The molecule has 2 aliphatic heterocycles. The maximum Gasteiger partial charge on any atom is 0.242 e. The highest BCUT2D eigenvalue weighted by Crippen LogP contribution is 2.32. The summed E-state index contributed by atoms with van der Waals surface area (Å²) in [7, 11) is 0. The molecule has 0 saturated heterocycles. The van der Waals surface area contributed by atoms with Gasteiger partial charge in [-0.05, 0) is 35.2 Å². The first-order valence-electron chi connectivity index (χ1n) is 9.09. The van der Waals surface area contributed by atoms with E-state index in [1.807, 2.05) is 35.2 Å². The molecule has 0 radical (unpaired) electrons. The molecule has 2 aromatic rings. The minimum absolute atomic E-state index is 0.0274. The highest BCUT2D eigenvalue weighted by molar-refractivity contribution is 5.84. The monoisotopic (exact) mass is 366 g/mol. The van der Waals surface area contributed by atoms with Gasteiger partial charge < -0.3 is 19.3 Å². The summed E-state index contributed by atoms with van der Waals surface area (Å²) in [5.41, 5.74) is 3.39. The van der Waals surface area contributed by atoms with Gasteiger partial charge in [-0.1, -0.05) is 30.3 Å². The largest absolute Gasteiger partial charge is 0.454 e. The lowest BCUT2D eigenvalue weighted by molar-refractivity contribution is -0.140. The molecule has 0 N–H and O–H groups in total. The summed E-state index contributed by atoms with van der Waals surface area (Å²) in [6.45, 7) is 3.43. The molecule has 0 spiro atoms. The summed E-state index contributed by atoms with van der Waals surface area (Å²) in [6, 6.07) is 13.8. The molecule has 27 heavy (non-hydrogen) atoms. The minimum atomic E-state index is -0.126. The average molecular weight is 366 g/mol. The Labute approximate surface area is 158 Å². The fourth-order valence-corrected chi connectivity index (χ4v) is 3.51. The van der Waals surface area contributed by atoms with Crippen LogP contribution in [-0.4, -0.2) is 41.5 Å². The quantitative estimate of drug-likeness (QED) is 0.833. The normalized spacial score (nSPS) is 14.6. The van der Waals surface area contributed by atoms with Crippen molar-refractivity contribution in [3.05, 3.63) is 59.2 Å². The van der Waals surface area contributed by atoms with Crippen molar-refractivity contribution in [3.8, 4) is 11.5 Å². The van der Waals surface area contributed by atoms with Crippen molar-refractivity contribution in [1.82, 2.24) is 9.80 Å². The van der Waals surface area contributed by atoms with Gasteiger partial charge in [-0.2, -0.15) is 0 Å². The van der Waals surface area contributed by atoms with Crippen molar-refractivity contribution in [2.45, 2.75) is 26.4 Å². The minimum Gasteiger partial charge on any atom is -0.454 e. The standard InChI is InChI=1S/C21H22N2O4/c1-15(24)23(11-16-6-7-19-20(10-16)27-14-26-19)13-21(25)22-9-8-17-4-2-3-5-18(17)12-22/h2-7,10H,8-9,11-14H2,1H3. The summed E-state index contributed by atoms with van der Waals surface area (Å²) in [5, 5.41) is 0. The van der Waals surface area contributed by atoms with E-state index in [1.165, 1.54) is 18.1 Å². The molecular weight excluding hydrogens is 344 g/mol. The number of nitrogens with zero attached hydrogens (tertiary/aromatic N) is 2. The number of benzene rings is 2. The van der Waals surface area contributed by atoms with Crippen LogP contribution in [0.4, 0.5) is 0 Å². The molecule has 2 aliphatic rings. The van der Waals surface area contributed by atoms with Crippen LogP contribution in [0, 0.1) is 0 Å². The lowest BCUT2D eigenvalue weighted by atomic mass is 10.00. The fraction of sp³-hybridized carbons (Fsp3) is 0.333. The molecule has 0 aliphatic carbocycles. The number of rotatable bonds is 4. The second-order valence-corrected chi connectivity index (χ2v) is 6.90. The Balaban J connectivity index is 1.42. The van der Waals surface area contributed by atoms with Crippen LogP contribution in [0.2, 0.25) is 0 Å². The average Bonchev–Trinajstić information content (AvgIpc) is 3.14. The van der Waals surface area contributed by atoms with E-state index in [0.29, 0.717) is 31.1 Å². The SMILES string of the molecule is CC(=O)N(CC(=O)N1CCc2ccccc2C1)Cc1ccc2c(c1)OCO2. The highest BCUT2D eigenvalue weighted by atomic mass is 16.7. The lowest BCUT2D eigenvalue weighted by Gasteiger charge is -2.31. The second kappa shape index (κ2) is 7.31. The second-order valence-electron chi connectivity index (χ2n) is 6.90. The van der Waals surface area contributed by atoms with E-state index in [-0.39, 0.29) is 25.2 Å². The molecule has 140 valence electrons. The van der Waals surface area contributed by atoms with Crippen LogP contribution >= 0.6 is 0 Å². The third-order valence-electron chi connectivity index (χ3n) is 5.07. The maximum atomic E-state index is 12.8. The summed E-state index contributed by atoms with van der Waals surface area (Å²) in [6.07, 6.45) is 0.851. The predicted octanol–water partition coefficient (Wildman–Crippen LogP) is 2.35. The van der Waals surface area contributed by atoms with E-state index in [2.05, 4.69) is 12.1 Å². The molecule has 6 heteroatoms.